The van der Waals surface area contributed by atoms with Gasteiger partial charge in [0, 0.05) is 24.1 Å². The van der Waals surface area contributed by atoms with Crippen molar-refractivity contribution in [2.45, 2.75) is 18.9 Å². The normalized spacial score (nSPS) is 14.2. The Morgan fingerprint density at radius 2 is 1.88 bits per heavy atom. The zero-order chi connectivity index (χ0) is 18.7. The number of Topliss-reactive ketones (excluding diaryl/α,β-unsaturated/α-hetero) is 1. The molecule has 1 aliphatic carbocycles. The fraction of sp³-hybridized carbons (Fsp3) is 0.333. The van der Waals surface area contributed by atoms with Gasteiger partial charge in [-0.25, -0.2) is 0 Å². The van der Waals surface area contributed by atoms with Gasteiger partial charge in [-0.15, -0.1) is 0 Å². The van der Waals surface area contributed by atoms with Crippen LogP contribution in [-0.4, -0.2) is 44.3 Å². The fourth-order valence-electron chi connectivity index (χ4n) is 3.41. The number of ether oxygens (including phenoxy) is 1. The maximum atomic E-state index is 12.7. The molecular formula is C21H24N2O3. The monoisotopic (exact) mass is 352 g/mol. The third-order valence-corrected chi connectivity index (χ3v) is 4.90. The van der Waals surface area contributed by atoms with Crippen LogP contribution < -0.4 is 10.1 Å². The Hall–Kier alpha value is -2.66. The highest BCUT2D eigenvalue weighted by molar-refractivity contribution is 6.05. The predicted molar refractivity (Wildman–Crippen MR) is 101 cm³/mol. The first-order chi connectivity index (χ1) is 12.5. The van der Waals surface area contributed by atoms with E-state index in [0.717, 1.165) is 16.9 Å². The number of methoxy groups -OCH3 is 1. The largest absolute Gasteiger partial charge is 0.497 e. The molecule has 1 amide bonds. The van der Waals surface area contributed by atoms with Crippen molar-refractivity contribution in [1.29, 1.82) is 0 Å². The number of rotatable bonds is 6. The zero-order valence-corrected chi connectivity index (χ0v) is 15.4. The van der Waals surface area contributed by atoms with Crippen LogP contribution >= 0.6 is 0 Å². The lowest BCUT2D eigenvalue weighted by molar-refractivity contribution is 0.0940. The van der Waals surface area contributed by atoms with Crippen LogP contribution in [0.15, 0.2) is 42.5 Å². The molecule has 0 aliphatic heterocycles. The predicted octanol–water partition coefficient (Wildman–Crippen LogP) is 2.86. The lowest BCUT2D eigenvalue weighted by Gasteiger charge is -2.25. The second-order valence-corrected chi connectivity index (χ2v) is 6.72. The van der Waals surface area contributed by atoms with Gasteiger partial charge in [-0.05, 0) is 49.8 Å². The van der Waals surface area contributed by atoms with Gasteiger partial charge in [0.25, 0.3) is 5.91 Å². The van der Waals surface area contributed by atoms with E-state index in [-0.39, 0.29) is 17.7 Å². The molecule has 0 saturated carbocycles. The van der Waals surface area contributed by atoms with E-state index in [9.17, 15) is 9.59 Å². The van der Waals surface area contributed by atoms with E-state index in [2.05, 4.69) is 10.2 Å². The van der Waals surface area contributed by atoms with Gasteiger partial charge in [-0.3, -0.25) is 9.59 Å². The smallest absolute Gasteiger partial charge is 0.251 e. The number of carbonyl (C=O) groups excluding carboxylic acids is 2. The summed E-state index contributed by atoms with van der Waals surface area (Å²) in [6, 6.07) is 13.3. The summed E-state index contributed by atoms with van der Waals surface area (Å²) in [6.07, 6.45) is 1.14. The molecule has 136 valence electrons. The van der Waals surface area contributed by atoms with Gasteiger partial charge < -0.3 is 15.0 Å². The lowest BCUT2D eigenvalue weighted by atomic mass is 10.0. The van der Waals surface area contributed by atoms with E-state index in [1.165, 1.54) is 0 Å². The summed E-state index contributed by atoms with van der Waals surface area (Å²) >= 11 is 0. The summed E-state index contributed by atoms with van der Waals surface area (Å²) in [6.45, 7) is 0.482. The van der Waals surface area contributed by atoms with Gasteiger partial charge in [-0.2, -0.15) is 0 Å². The average Bonchev–Trinajstić information content (AvgIpc) is 3.03. The van der Waals surface area contributed by atoms with Crippen LogP contribution in [0.5, 0.6) is 5.75 Å². The van der Waals surface area contributed by atoms with Crippen molar-refractivity contribution in [3.8, 4) is 5.75 Å². The van der Waals surface area contributed by atoms with Crippen molar-refractivity contribution < 1.29 is 14.3 Å². The molecule has 0 saturated heterocycles. The topological polar surface area (TPSA) is 58.6 Å². The van der Waals surface area contributed by atoms with Crippen LogP contribution in [-0.2, 0) is 6.42 Å². The van der Waals surface area contributed by atoms with E-state index < -0.39 is 0 Å². The van der Waals surface area contributed by atoms with Gasteiger partial charge in [0.1, 0.15) is 5.75 Å². The Kier molecular flexibility index (Phi) is 5.38. The van der Waals surface area contributed by atoms with Crippen molar-refractivity contribution in [2.24, 2.45) is 0 Å². The van der Waals surface area contributed by atoms with E-state index >= 15 is 0 Å². The highest BCUT2D eigenvalue weighted by Gasteiger charge is 2.25. The number of nitrogens with zero attached hydrogens (tertiary/aromatic N) is 1. The first kappa shape index (κ1) is 18.1. The van der Waals surface area contributed by atoms with Gasteiger partial charge in [0.15, 0.2) is 5.78 Å². The van der Waals surface area contributed by atoms with Gasteiger partial charge >= 0.3 is 0 Å². The molecular weight excluding hydrogens is 328 g/mol. The number of ketones is 1. The quantitative estimate of drug-likeness (QED) is 0.868. The SMILES string of the molecule is COc1ccc(C(CNC(=O)c2cccc3c2CCC3=O)N(C)C)cc1. The van der Waals surface area contributed by atoms with E-state index in [1.54, 1.807) is 25.3 Å². The molecule has 0 fully saturated rings. The van der Waals surface area contributed by atoms with Crippen LogP contribution in [0.2, 0.25) is 0 Å². The van der Waals surface area contributed by atoms with Crippen molar-refractivity contribution in [1.82, 2.24) is 10.2 Å². The molecule has 1 aliphatic rings. The first-order valence-corrected chi connectivity index (χ1v) is 8.75. The number of benzene rings is 2. The maximum absolute atomic E-state index is 12.7. The molecule has 2 aromatic rings. The molecule has 3 rings (SSSR count). The Bertz CT molecular complexity index is 813. The number of likely N-dealkylation sites (N-methyl/N-ethyl adjacent to an activating group) is 1. The molecule has 0 aromatic heterocycles. The highest BCUT2D eigenvalue weighted by Crippen LogP contribution is 2.26. The molecule has 1 atom stereocenters. The molecule has 0 spiro atoms. The second-order valence-electron chi connectivity index (χ2n) is 6.72. The first-order valence-electron chi connectivity index (χ1n) is 8.75. The Morgan fingerprint density at radius 3 is 2.54 bits per heavy atom. The second kappa shape index (κ2) is 7.70. The van der Waals surface area contributed by atoms with Crippen LogP contribution in [0.3, 0.4) is 0 Å². The average molecular weight is 352 g/mol. The van der Waals surface area contributed by atoms with Crippen molar-refractivity contribution >= 4 is 11.7 Å². The minimum atomic E-state index is -0.128. The molecule has 1 N–H and O–H groups in total. The number of hydrogen-bond acceptors (Lipinski definition) is 4. The number of amides is 1. The Labute approximate surface area is 154 Å². The molecule has 1 unspecified atom stereocenters. The summed E-state index contributed by atoms with van der Waals surface area (Å²) in [5.74, 6) is 0.802. The van der Waals surface area contributed by atoms with E-state index in [1.807, 2.05) is 38.4 Å². The molecule has 2 aromatic carbocycles. The lowest BCUT2D eigenvalue weighted by Crippen LogP contribution is -2.35. The van der Waals surface area contributed by atoms with E-state index in [0.29, 0.717) is 30.5 Å². The van der Waals surface area contributed by atoms with Crippen LogP contribution in [0.4, 0.5) is 0 Å². The minimum absolute atomic E-state index is 0.0447. The van der Waals surface area contributed by atoms with Crippen LogP contribution in [0.25, 0.3) is 0 Å². The molecule has 0 bridgehead atoms. The third-order valence-electron chi connectivity index (χ3n) is 4.90. The Morgan fingerprint density at radius 1 is 1.15 bits per heavy atom. The van der Waals surface area contributed by atoms with Crippen molar-refractivity contribution in [3.63, 3.8) is 0 Å². The standard InChI is InChI=1S/C21H24N2O3/c1-23(2)19(14-7-9-15(26-3)10-8-14)13-22-21(25)18-6-4-5-17-16(18)11-12-20(17)24/h4-10,19H,11-13H2,1-3H3,(H,22,25). The number of hydrogen-bond donors (Lipinski definition) is 1. The maximum Gasteiger partial charge on any atom is 0.251 e. The Balaban J connectivity index is 1.74. The zero-order valence-electron chi connectivity index (χ0n) is 15.4. The van der Waals surface area contributed by atoms with Crippen molar-refractivity contribution in [3.05, 3.63) is 64.7 Å². The summed E-state index contributed by atoms with van der Waals surface area (Å²) in [7, 11) is 5.61. The number of nitrogens with one attached hydrogen (secondary N) is 1. The van der Waals surface area contributed by atoms with Crippen LogP contribution in [0, 0.1) is 0 Å². The molecule has 0 radical (unpaired) electrons. The van der Waals surface area contributed by atoms with Crippen molar-refractivity contribution in [2.75, 3.05) is 27.7 Å². The van der Waals surface area contributed by atoms with Gasteiger partial charge in [0.05, 0.1) is 13.2 Å². The van der Waals surface area contributed by atoms with Gasteiger partial charge in [-0.1, -0.05) is 24.3 Å². The van der Waals surface area contributed by atoms with Crippen LogP contribution in [0.1, 0.15) is 44.3 Å². The van der Waals surface area contributed by atoms with Gasteiger partial charge in [0.2, 0.25) is 0 Å². The highest BCUT2D eigenvalue weighted by atomic mass is 16.5. The number of fused-ring (bicyclic) bond motifs is 1. The summed E-state index contributed by atoms with van der Waals surface area (Å²) in [5, 5.41) is 3.03. The molecule has 0 heterocycles. The summed E-state index contributed by atoms with van der Waals surface area (Å²) in [4.78, 5) is 26.7. The minimum Gasteiger partial charge on any atom is -0.497 e. The third kappa shape index (κ3) is 3.63. The number of carbonyl (C=O) groups is 2. The van der Waals surface area contributed by atoms with E-state index in [4.69, 9.17) is 4.74 Å². The summed E-state index contributed by atoms with van der Waals surface area (Å²) in [5.41, 5.74) is 3.28. The molecule has 5 heteroatoms. The summed E-state index contributed by atoms with van der Waals surface area (Å²) < 4.78 is 5.21. The fourth-order valence-corrected chi connectivity index (χ4v) is 3.41. The molecule has 26 heavy (non-hydrogen) atoms. The molecule has 5 nitrogen and oxygen atoms in total.